The summed E-state index contributed by atoms with van der Waals surface area (Å²) >= 11 is 0. The van der Waals surface area contributed by atoms with E-state index in [4.69, 9.17) is 9.84 Å². The van der Waals surface area contributed by atoms with Crippen LogP contribution in [0.1, 0.15) is 174 Å². The molecule has 6 nitrogen and oxygen atoms in total. The summed E-state index contributed by atoms with van der Waals surface area (Å²) in [5, 5.41) is 11.0. The van der Waals surface area contributed by atoms with E-state index in [0.717, 1.165) is 64.2 Å². The van der Waals surface area contributed by atoms with Crippen LogP contribution in [-0.2, 0) is 19.1 Å². The number of unbranched alkanes of at least 4 members (excludes halogenated alkanes) is 16. The third-order valence-electron chi connectivity index (χ3n) is 7.96. The van der Waals surface area contributed by atoms with Gasteiger partial charge < -0.3 is 15.2 Å². The number of allylic oxidation sites excluding steroid dienone is 7. The Kier molecular flexibility index (Phi) is 33.2. The third-order valence-corrected chi connectivity index (χ3v) is 7.96. The maximum Gasteiger partial charge on any atom is 0.322 e. The van der Waals surface area contributed by atoms with Crippen molar-refractivity contribution >= 4 is 17.8 Å². The van der Waals surface area contributed by atoms with E-state index in [-0.39, 0.29) is 24.5 Å². The molecule has 0 aromatic carbocycles. The highest BCUT2D eigenvalue weighted by Crippen LogP contribution is 2.15. The van der Waals surface area contributed by atoms with E-state index >= 15 is 0 Å². The minimum atomic E-state index is -1.03. The predicted molar refractivity (Wildman–Crippen MR) is 194 cm³/mol. The topological polar surface area (TPSA) is 92.7 Å². The minimum Gasteiger partial charge on any atom is -0.480 e. The number of carboxylic acid groups (broad SMARTS) is 1. The first kappa shape index (κ1) is 43.4. The van der Waals surface area contributed by atoms with Crippen LogP contribution in [-0.4, -0.2) is 35.6 Å². The number of ether oxygens (including phenoxy) is 1. The number of amides is 1. The molecule has 0 bridgehead atoms. The summed E-state index contributed by atoms with van der Waals surface area (Å²) in [5.74, 6) is -1.36. The smallest absolute Gasteiger partial charge is 0.322 e. The first-order valence-electron chi connectivity index (χ1n) is 18.8. The van der Waals surface area contributed by atoms with Crippen molar-refractivity contribution in [1.82, 2.24) is 5.32 Å². The monoisotopic (exact) mass is 644 g/mol. The van der Waals surface area contributed by atoms with Crippen LogP contribution in [0.25, 0.3) is 0 Å². The number of esters is 1. The third kappa shape index (κ3) is 34.2. The maximum absolute atomic E-state index is 12.6. The Balaban J connectivity index is 4.16. The van der Waals surface area contributed by atoms with E-state index in [1.807, 2.05) is 6.08 Å². The Morgan fingerprint density at radius 2 is 1.07 bits per heavy atom. The zero-order chi connectivity index (χ0) is 33.8. The van der Waals surface area contributed by atoms with Gasteiger partial charge in [0.05, 0.1) is 0 Å². The van der Waals surface area contributed by atoms with E-state index in [2.05, 4.69) is 61.7 Å². The largest absolute Gasteiger partial charge is 0.480 e. The van der Waals surface area contributed by atoms with E-state index in [0.29, 0.717) is 12.8 Å². The molecule has 0 heterocycles. The van der Waals surface area contributed by atoms with Gasteiger partial charge in [-0.05, 0) is 83.1 Å². The Hall–Kier alpha value is -2.63. The average molecular weight is 644 g/mol. The van der Waals surface area contributed by atoms with Gasteiger partial charge in [-0.15, -0.1) is 0 Å². The SMILES string of the molecule is CCCCC/C=C\C/C=C\CCCCCCCCCC(=O)OC(/C=C\C/C=C\CCCCC)CCCCCCC(=O)NCC(=O)O. The van der Waals surface area contributed by atoms with Gasteiger partial charge in [-0.3, -0.25) is 14.4 Å². The standard InChI is InChI=1S/C40H69NO5/c1-3-5-7-9-11-13-14-15-16-17-18-19-20-21-23-25-31-35-40(45)46-37(32-28-24-22-12-10-8-6-4-2)33-29-26-27-30-34-38(42)41-36-39(43)44/h11-13,15-16,22,28,32,37H,3-10,14,17-21,23-27,29-31,33-36H2,1-2H3,(H,41,42)(H,43,44)/b13-11-,16-15-,22-12-,32-28-. The summed E-state index contributed by atoms with van der Waals surface area (Å²) in [6.45, 7) is 4.13. The molecular formula is C40H69NO5. The van der Waals surface area contributed by atoms with Crippen LogP contribution in [0.5, 0.6) is 0 Å². The van der Waals surface area contributed by atoms with Crippen molar-refractivity contribution in [1.29, 1.82) is 0 Å². The summed E-state index contributed by atoms with van der Waals surface area (Å²) < 4.78 is 5.86. The Morgan fingerprint density at radius 3 is 1.63 bits per heavy atom. The number of rotatable bonds is 33. The highest BCUT2D eigenvalue weighted by atomic mass is 16.5. The summed E-state index contributed by atoms with van der Waals surface area (Å²) in [6.07, 6.45) is 43.8. The number of carbonyl (C=O) groups is 3. The molecule has 0 saturated heterocycles. The van der Waals surface area contributed by atoms with Crippen LogP contribution >= 0.6 is 0 Å². The number of nitrogens with one attached hydrogen (secondary N) is 1. The molecule has 0 aromatic heterocycles. The van der Waals surface area contributed by atoms with Crippen LogP contribution in [0, 0.1) is 0 Å². The van der Waals surface area contributed by atoms with Gasteiger partial charge in [-0.25, -0.2) is 0 Å². The molecule has 0 aliphatic carbocycles. The molecule has 0 aliphatic rings. The van der Waals surface area contributed by atoms with Gasteiger partial charge in [0.1, 0.15) is 12.6 Å². The molecule has 0 aromatic rings. The Labute approximate surface area is 282 Å². The van der Waals surface area contributed by atoms with Crippen molar-refractivity contribution < 1.29 is 24.2 Å². The Morgan fingerprint density at radius 1 is 0.587 bits per heavy atom. The molecule has 0 fully saturated rings. The molecule has 0 radical (unpaired) electrons. The fourth-order valence-corrected chi connectivity index (χ4v) is 5.14. The summed E-state index contributed by atoms with van der Waals surface area (Å²) in [5.41, 5.74) is 0. The van der Waals surface area contributed by atoms with Gasteiger partial charge in [-0.2, -0.15) is 0 Å². The van der Waals surface area contributed by atoms with Crippen LogP contribution < -0.4 is 5.32 Å². The highest BCUT2D eigenvalue weighted by molar-refractivity contribution is 5.80. The van der Waals surface area contributed by atoms with Crippen LogP contribution in [0.3, 0.4) is 0 Å². The molecule has 0 rings (SSSR count). The fraction of sp³-hybridized carbons (Fsp3) is 0.725. The first-order chi connectivity index (χ1) is 22.5. The molecule has 0 saturated carbocycles. The first-order valence-corrected chi connectivity index (χ1v) is 18.8. The van der Waals surface area contributed by atoms with Crippen molar-refractivity contribution in [3.05, 3.63) is 48.6 Å². The second-order valence-corrected chi connectivity index (χ2v) is 12.5. The summed E-state index contributed by atoms with van der Waals surface area (Å²) in [7, 11) is 0. The zero-order valence-electron chi connectivity index (χ0n) is 29.7. The number of carboxylic acids is 1. The van der Waals surface area contributed by atoms with Gasteiger partial charge in [0.15, 0.2) is 0 Å². The molecule has 264 valence electrons. The van der Waals surface area contributed by atoms with Crippen LogP contribution in [0.4, 0.5) is 0 Å². The lowest BCUT2D eigenvalue weighted by atomic mass is 10.1. The maximum atomic E-state index is 12.6. The number of carbonyl (C=O) groups excluding carboxylic acids is 2. The molecule has 0 aliphatic heterocycles. The minimum absolute atomic E-state index is 0.109. The molecule has 1 unspecified atom stereocenters. The van der Waals surface area contributed by atoms with Gasteiger partial charge in [0.2, 0.25) is 5.91 Å². The second kappa shape index (κ2) is 35.2. The van der Waals surface area contributed by atoms with Crippen molar-refractivity contribution in [2.75, 3.05) is 6.54 Å². The number of hydrogen-bond donors (Lipinski definition) is 2. The van der Waals surface area contributed by atoms with Gasteiger partial charge >= 0.3 is 11.9 Å². The summed E-state index contributed by atoms with van der Waals surface area (Å²) in [4.78, 5) is 34.8. The van der Waals surface area contributed by atoms with Crippen LogP contribution in [0.15, 0.2) is 48.6 Å². The highest BCUT2D eigenvalue weighted by Gasteiger charge is 2.11. The molecule has 46 heavy (non-hydrogen) atoms. The lowest BCUT2D eigenvalue weighted by molar-refractivity contribution is -0.147. The zero-order valence-corrected chi connectivity index (χ0v) is 29.7. The van der Waals surface area contributed by atoms with E-state index in [1.165, 1.54) is 83.5 Å². The van der Waals surface area contributed by atoms with Crippen molar-refractivity contribution in [3.8, 4) is 0 Å². The van der Waals surface area contributed by atoms with Gasteiger partial charge in [-0.1, -0.05) is 127 Å². The van der Waals surface area contributed by atoms with Gasteiger partial charge in [0, 0.05) is 12.8 Å². The lowest BCUT2D eigenvalue weighted by Gasteiger charge is -2.14. The molecule has 1 amide bonds. The quantitative estimate of drug-likeness (QED) is 0.0422. The normalized spacial score (nSPS) is 12.6. The lowest BCUT2D eigenvalue weighted by Crippen LogP contribution is -2.28. The Bertz CT molecular complexity index is 845. The van der Waals surface area contributed by atoms with E-state index in [9.17, 15) is 14.4 Å². The average Bonchev–Trinajstić information content (AvgIpc) is 3.04. The van der Waals surface area contributed by atoms with Crippen molar-refractivity contribution in [2.24, 2.45) is 0 Å². The second-order valence-electron chi connectivity index (χ2n) is 12.5. The van der Waals surface area contributed by atoms with E-state index < -0.39 is 5.97 Å². The number of aliphatic carboxylic acids is 1. The molecular weight excluding hydrogens is 574 g/mol. The van der Waals surface area contributed by atoms with Crippen molar-refractivity contribution in [3.63, 3.8) is 0 Å². The molecule has 1 atom stereocenters. The number of hydrogen-bond acceptors (Lipinski definition) is 4. The van der Waals surface area contributed by atoms with Crippen LogP contribution in [0.2, 0.25) is 0 Å². The van der Waals surface area contributed by atoms with Gasteiger partial charge in [0.25, 0.3) is 0 Å². The summed E-state index contributed by atoms with van der Waals surface area (Å²) in [6, 6.07) is 0. The van der Waals surface area contributed by atoms with Crippen molar-refractivity contribution in [2.45, 2.75) is 180 Å². The molecule has 2 N–H and O–H groups in total. The fourth-order valence-electron chi connectivity index (χ4n) is 5.14. The van der Waals surface area contributed by atoms with E-state index in [1.54, 1.807) is 0 Å². The molecule has 6 heteroatoms. The predicted octanol–water partition coefficient (Wildman–Crippen LogP) is 11.1. The molecule has 0 spiro atoms.